The Bertz CT molecular complexity index is 1940. The molecule has 2 aromatic carbocycles. The monoisotopic (exact) mass is 918 g/mol. The Kier molecular flexibility index (Phi) is 19.8. The summed E-state index contributed by atoms with van der Waals surface area (Å²) in [6, 6.07) is 12.6. The molecule has 3 atom stereocenters. The van der Waals surface area contributed by atoms with Gasteiger partial charge in [-0.3, -0.25) is 24.0 Å². The second kappa shape index (κ2) is 23.4. The maximum absolute atomic E-state index is 15.0. The number of aromatic nitrogens is 1. The highest BCUT2D eigenvalue weighted by Crippen LogP contribution is 2.41. The standard InChI is InChI=1S/C37H47BrF2N6O7.C2HF3O2/c1-37(2,3)34(30-16-24(26-17-25(39)10-11-28(26)40)21-45(30)20-23-8-6-5-7-9-23)46(33(50)22-47)15-12-29(41)35(51)43-14-13-42-32(49)19-44-31(48)18-27(38)36(52)53-4;3-2(4,5)1(6)7/h5-11,16-17,21,27,29,34,47H,12-15,18-20,22,41H2,1-4H3,(H,42,49)(H,43,51)(H,44,48);(H,6,7). The number of halogens is 6. The lowest BCUT2D eigenvalue weighted by molar-refractivity contribution is -0.192. The molecule has 3 aromatic rings. The molecule has 0 aliphatic carbocycles. The lowest BCUT2D eigenvalue weighted by Gasteiger charge is -2.41. The number of aliphatic hydroxyl groups excluding tert-OH is 1. The van der Waals surface area contributed by atoms with Gasteiger partial charge in [-0.15, -0.1) is 0 Å². The van der Waals surface area contributed by atoms with Gasteiger partial charge in [0.15, 0.2) is 0 Å². The lowest BCUT2D eigenvalue weighted by Crippen LogP contribution is -2.48. The van der Waals surface area contributed by atoms with Gasteiger partial charge in [-0.2, -0.15) is 13.2 Å². The molecule has 15 nitrogen and oxygen atoms in total. The number of hydrogen-bond donors (Lipinski definition) is 6. The Hall–Kier alpha value is -5.41. The zero-order valence-electron chi connectivity index (χ0n) is 33.2. The van der Waals surface area contributed by atoms with Crippen LogP contribution < -0.4 is 21.7 Å². The van der Waals surface area contributed by atoms with Gasteiger partial charge >= 0.3 is 18.1 Å². The number of benzene rings is 2. The third kappa shape index (κ3) is 16.3. The van der Waals surface area contributed by atoms with Crippen LogP contribution >= 0.6 is 15.9 Å². The number of amides is 4. The van der Waals surface area contributed by atoms with E-state index < -0.39 is 82.3 Å². The van der Waals surface area contributed by atoms with Crippen LogP contribution in [0.5, 0.6) is 0 Å². The molecule has 3 rings (SSSR count). The van der Waals surface area contributed by atoms with Crippen molar-refractivity contribution in [3.63, 3.8) is 0 Å². The van der Waals surface area contributed by atoms with Crippen molar-refractivity contribution >= 4 is 51.5 Å². The predicted molar refractivity (Wildman–Crippen MR) is 211 cm³/mol. The van der Waals surface area contributed by atoms with Crippen LogP contribution in [0.25, 0.3) is 11.1 Å². The summed E-state index contributed by atoms with van der Waals surface area (Å²) >= 11 is 3.03. The predicted octanol–water partition coefficient (Wildman–Crippen LogP) is 3.42. The molecular weight excluding hydrogens is 871 g/mol. The fraction of sp³-hybridized carbons (Fsp3) is 0.436. The number of alkyl halides is 4. The summed E-state index contributed by atoms with van der Waals surface area (Å²) < 4.78 is 67.4. The van der Waals surface area contributed by atoms with Crippen molar-refractivity contribution < 1.29 is 65.7 Å². The van der Waals surface area contributed by atoms with Gasteiger partial charge in [-0.05, 0) is 41.7 Å². The SMILES string of the molecule is COC(=O)C(Br)CC(=O)NCC(=O)NCCNC(=O)C(N)CCN(C(=O)CO)C(c1cc(-c2cc(F)ccc2F)cn1Cc1ccccc1)C(C)(C)C.O=C(O)C(F)(F)F. The first kappa shape index (κ1) is 50.7. The Morgan fingerprint density at radius 1 is 0.933 bits per heavy atom. The summed E-state index contributed by atoms with van der Waals surface area (Å²) in [6.45, 7) is 4.93. The molecule has 7 N–H and O–H groups in total. The van der Waals surface area contributed by atoms with Crippen LogP contribution in [-0.2, 0) is 40.0 Å². The van der Waals surface area contributed by atoms with Crippen molar-refractivity contribution in [3.05, 3.63) is 83.7 Å². The Morgan fingerprint density at radius 3 is 2.12 bits per heavy atom. The lowest BCUT2D eigenvalue weighted by atomic mass is 9.82. The Morgan fingerprint density at radius 2 is 1.55 bits per heavy atom. The third-order valence-electron chi connectivity index (χ3n) is 8.51. The molecule has 0 radical (unpaired) electrons. The molecule has 0 aliphatic heterocycles. The van der Waals surface area contributed by atoms with E-state index in [-0.39, 0.29) is 44.6 Å². The molecule has 1 aromatic heterocycles. The van der Waals surface area contributed by atoms with Gasteiger partial charge in [-0.25, -0.2) is 13.6 Å². The number of esters is 1. The minimum Gasteiger partial charge on any atom is -0.475 e. The number of carboxylic acid groups (broad SMARTS) is 1. The molecule has 0 saturated heterocycles. The van der Waals surface area contributed by atoms with E-state index in [0.717, 1.165) is 23.8 Å². The molecular formula is C39H48BrF5N6O9. The van der Waals surface area contributed by atoms with Crippen LogP contribution in [0, 0.1) is 17.0 Å². The number of aliphatic hydroxyl groups is 1. The van der Waals surface area contributed by atoms with E-state index >= 15 is 0 Å². The van der Waals surface area contributed by atoms with E-state index in [9.17, 15) is 51.0 Å². The van der Waals surface area contributed by atoms with Crippen LogP contribution in [0.4, 0.5) is 22.0 Å². The summed E-state index contributed by atoms with van der Waals surface area (Å²) in [5, 5.41) is 24.7. The normalized spacial score (nSPS) is 12.8. The number of carbonyl (C=O) groups excluding carboxylic acids is 5. The first-order valence-corrected chi connectivity index (χ1v) is 19.1. The van der Waals surface area contributed by atoms with Gasteiger partial charge in [0.1, 0.15) is 23.1 Å². The summed E-state index contributed by atoms with van der Waals surface area (Å²) in [5.74, 6) is -6.82. The Balaban J connectivity index is 0.00000162. The molecule has 1 heterocycles. The molecule has 0 fully saturated rings. The van der Waals surface area contributed by atoms with E-state index in [2.05, 4.69) is 36.6 Å². The number of ether oxygens (including phenoxy) is 1. The van der Waals surface area contributed by atoms with E-state index in [1.807, 2.05) is 55.7 Å². The average molecular weight is 920 g/mol. The van der Waals surface area contributed by atoms with Crippen molar-refractivity contribution in [2.24, 2.45) is 11.1 Å². The molecule has 21 heteroatoms. The van der Waals surface area contributed by atoms with E-state index in [0.29, 0.717) is 17.8 Å². The summed E-state index contributed by atoms with van der Waals surface area (Å²) in [6.07, 6.45) is -3.59. The van der Waals surface area contributed by atoms with E-state index in [1.54, 1.807) is 12.3 Å². The molecule has 0 spiro atoms. The summed E-state index contributed by atoms with van der Waals surface area (Å²) in [5.41, 5.74) is 7.54. The molecule has 330 valence electrons. The maximum Gasteiger partial charge on any atom is 0.490 e. The number of aliphatic carboxylic acids is 1. The first-order chi connectivity index (χ1) is 28.0. The van der Waals surface area contributed by atoms with E-state index in [4.69, 9.17) is 15.6 Å². The number of nitrogens with two attached hydrogens (primary N) is 1. The molecule has 0 bridgehead atoms. The quantitative estimate of drug-likeness (QED) is 0.0473. The van der Waals surface area contributed by atoms with Gasteiger partial charge < -0.3 is 46.1 Å². The molecule has 0 saturated carbocycles. The Labute approximate surface area is 350 Å². The van der Waals surface area contributed by atoms with Gasteiger partial charge in [0.25, 0.3) is 0 Å². The van der Waals surface area contributed by atoms with Gasteiger partial charge in [0.2, 0.25) is 23.6 Å². The van der Waals surface area contributed by atoms with Crippen molar-refractivity contribution in [1.29, 1.82) is 0 Å². The van der Waals surface area contributed by atoms with Crippen molar-refractivity contribution in [1.82, 2.24) is 25.4 Å². The number of carboxylic acids is 1. The summed E-state index contributed by atoms with van der Waals surface area (Å²) in [7, 11) is 1.19. The minimum atomic E-state index is -5.08. The number of hydrogen-bond acceptors (Lipinski definition) is 9. The zero-order chi connectivity index (χ0) is 45.4. The van der Waals surface area contributed by atoms with Crippen molar-refractivity contribution in [2.75, 3.05) is 39.9 Å². The molecule has 3 unspecified atom stereocenters. The van der Waals surface area contributed by atoms with Crippen LogP contribution in [0.1, 0.15) is 50.9 Å². The highest BCUT2D eigenvalue weighted by molar-refractivity contribution is 9.10. The number of nitrogens with zero attached hydrogens (tertiary/aromatic N) is 2. The fourth-order valence-electron chi connectivity index (χ4n) is 5.72. The average Bonchev–Trinajstić information content (AvgIpc) is 3.58. The number of carbonyl (C=O) groups is 6. The molecule has 4 amide bonds. The molecule has 60 heavy (non-hydrogen) atoms. The largest absolute Gasteiger partial charge is 0.490 e. The van der Waals surface area contributed by atoms with Crippen molar-refractivity contribution in [3.8, 4) is 11.1 Å². The van der Waals surface area contributed by atoms with Crippen molar-refractivity contribution in [2.45, 2.75) is 63.2 Å². The fourth-order valence-corrected chi connectivity index (χ4v) is 6.20. The third-order valence-corrected chi connectivity index (χ3v) is 9.20. The summed E-state index contributed by atoms with van der Waals surface area (Å²) in [4.78, 5) is 71.2. The van der Waals surface area contributed by atoms with Gasteiger partial charge in [-0.1, -0.05) is 67.0 Å². The zero-order valence-corrected chi connectivity index (χ0v) is 34.7. The van der Waals surface area contributed by atoms with Gasteiger partial charge in [0, 0.05) is 55.6 Å². The second-order valence-corrected chi connectivity index (χ2v) is 15.3. The number of methoxy groups -OCH3 is 1. The second-order valence-electron chi connectivity index (χ2n) is 14.2. The van der Waals surface area contributed by atoms with E-state index in [1.165, 1.54) is 12.0 Å². The number of nitrogens with one attached hydrogen (secondary N) is 3. The van der Waals surface area contributed by atoms with Crippen LogP contribution in [0.3, 0.4) is 0 Å². The highest BCUT2D eigenvalue weighted by Gasteiger charge is 2.39. The maximum atomic E-state index is 15.0. The van der Waals surface area contributed by atoms with Crippen LogP contribution in [-0.4, -0.2) is 112 Å². The van der Waals surface area contributed by atoms with Gasteiger partial charge in [0.05, 0.1) is 25.7 Å². The smallest absolute Gasteiger partial charge is 0.475 e. The number of rotatable bonds is 18. The van der Waals surface area contributed by atoms with Crippen LogP contribution in [0.2, 0.25) is 0 Å². The minimum absolute atomic E-state index is 0.00740. The molecule has 0 aliphatic rings. The first-order valence-electron chi connectivity index (χ1n) is 18.2. The highest BCUT2D eigenvalue weighted by atomic mass is 79.9. The van der Waals surface area contributed by atoms with Crippen LogP contribution in [0.15, 0.2) is 60.8 Å². The topological polar surface area (TPSA) is 222 Å².